The number of nitrogens with zero attached hydrogens (tertiary/aromatic N) is 1. The number of hydrogen-bond acceptors (Lipinski definition) is 3. The van der Waals surface area contributed by atoms with E-state index in [0.29, 0.717) is 0 Å². The predicted molar refractivity (Wildman–Crippen MR) is 64.9 cm³/mol. The van der Waals surface area contributed by atoms with Gasteiger partial charge in [-0.05, 0) is 18.8 Å². The van der Waals surface area contributed by atoms with E-state index in [0.717, 1.165) is 25.7 Å². The molecule has 94 valence electrons. The Morgan fingerprint density at radius 2 is 1.94 bits per heavy atom. The van der Waals surface area contributed by atoms with Crippen molar-refractivity contribution in [3.8, 4) is 0 Å². The lowest BCUT2D eigenvalue weighted by Crippen LogP contribution is -2.38. The number of amidine groups is 1. The number of sulfonamides is 1. The van der Waals surface area contributed by atoms with Crippen LogP contribution in [0.3, 0.4) is 0 Å². The van der Waals surface area contributed by atoms with Crippen molar-refractivity contribution in [2.45, 2.75) is 32.1 Å². The first-order valence-electron chi connectivity index (χ1n) is 5.68. The lowest BCUT2D eigenvalue weighted by Gasteiger charge is -2.24. The van der Waals surface area contributed by atoms with Crippen molar-refractivity contribution in [3.05, 3.63) is 0 Å². The Morgan fingerprint density at radius 1 is 1.38 bits per heavy atom. The average Bonchev–Trinajstić information content (AvgIpc) is 2.17. The van der Waals surface area contributed by atoms with Crippen LogP contribution in [0, 0.1) is 11.3 Å². The molecule has 1 rings (SSSR count). The summed E-state index contributed by atoms with van der Waals surface area (Å²) < 4.78 is 25.0. The van der Waals surface area contributed by atoms with Gasteiger partial charge in [0.05, 0.1) is 12.3 Å². The molecule has 1 aliphatic carbocycles. The van der Waals surface area contributed by atoms with Crippen LogP contribution in [0.25, 0.3) is 0 Å². The average molecular weight is 247 g/mol. The first-order chi connectivity index (χ1) is 7.42. The molecule has 0 saturated heterocycles. The molecule has 0 bridgehead atoms. The van der Waals surface area contributed by atoms with Gasteiger partial charge < -0.3 is 5.73 Å². The molecule has 0 amide bonds. The Hall–Kier alpha value is -0.620. The Morgan fingerprint density at radius 3 is 2.44 bits per heavy atom. The van der Waals surface area contributed by atoms with E-state index in [1.165, 1.54) is 17.8 Å². The van der Waals surface area contributed by atoms with E-state index in [-0.39, 0.29) is 24.1 Å². The SMILES string of the molecule is CN(CC(=N)N)S(=O)(=O)CC1CCCCC1. The highest BCUT2D eigenvalue weighted by Gasteiger charge is 2.24. The minimum absolute atomic E-state index is 0.00491. The van der Waals surface area contributed by atoms with Crippen LogP contribution < -0.4 is 5.73 Å². The largest absolute Gasteiger partial charge is 0.387 e. The monoisotopic (exact) mass is 247 g/mol. The molecule has 0 aromatic rings. The minimum atomic E-state index is -3.24. The van der Waals surface area contributed by atoms with Crippen LogP contribution in [0.2, 0.25) is 0 Å². The zero-order chi connectivity index (χ0) is 12.2. The van der Waals surface area contributed by atoms with Crippen molar-refractivity contribution >= 4 is 15.9 Å². The lowest BCUT2D eigenvalue weighted by molar-refractivity contribution is 0.378. The Labute approximate surface area is 97.6 Å². The number of nitrogens with one attached hydrogen (secondary N) is 1. The van der Waals surface area contributed by atoms with Crippen molar-refractivity contribution in [2.24, 2.45) is 11.7 Å². The number of hydrogen-bond donors (Lipinski definition) is 2. The Balaban J connectivity index is 2.52. The second kappa shape index (κ2) is 5.63. The molecule has 0 heterocycles. The molecule has 0 unspecified atom stereocenters. The predicted octanol–water partition coefficient (Wildman–Crippen LogP) is 0.764. The highest BCUT2D eigenvalue weighted by molar-refractivity contribution is 7.89. The third kappa shape index (κ3) is 4.09. The third-order valence-corrected chi connectivity index (χ3v) is 5.01. The summed E-state index contributed by atoms with van der Waals surface area (Å²) in [5.41, 5.74) is 5.20. The summed E-state index contributed by atoms with van der Waals surface area (Å²) in [5.74, 6) is 0.374. The molecule has 0 atom stereocenters. The minimum Gasteiger partial charge on any atom is -0.387 e. The van der Waals surface area contributed by atoms with E-state index >= 15 is 0 Å². The topological polar surface area (TPSA) is 87.2 Å². The fourth-order valence-electron chi connectivity index (χ4n) is 2.12. The van der Waals surface area contributed by atoms with Gasteiger partial charge in [0.1, 0.15) is 5.84 Å². The van der Waals surface area contributed by atoms with Gasteiger partial charge in [-0.25, -0.2) is 8.42 Å². The van der Waals surface area contributed by atoms with Crippen molar-refractivity contribution in [3.63, 3.8) is 0 Å². The Bertz CT molecular complexity index is 334. The molecular formula is C10H21N3O2S. The number of likely N-dealkylation sites (N-methyl/N-ethyl adjacent to an activating group) is 1. The maximum Gasteiger partial charge on any atom is 0.214 e. The molecule has 1 saturated carbocycles. The summed E-state index contributed by atoms with van der Waals surface area (Å²) in [6, 6.07) is 0. The number of rotatable bonds is 5. The molecule has 1 aliphatic rings. The second-order valence-corrected chi connectivity index (χ2v) is 6.68. The van der Waals surface area contributed by atoms with E-state index < -0.39 is 10.0 Å². The van der Waals surface area contributed by atoms with Crippen LogP contribution >= 0.6 is 0 Å². The fourth-order valence-corrected chi connectivity index (χ4v) is 3.64. The van der Waals surface area contributed by atoms with Gasteiger partial charge in [-0.3, -0.25) is 5.41 Å². The molecule has 0 aliphatic heterocycles. The van der Waals surface area contributed by atoms with Gasteiger partial charge in [0.2, 0.25) is 10.0 Å². The molecule has 0 aromatic heterocycles. The first-order valence-corrected chi connectivity index (χ1v) is 7.29. The molecule has 5 nitrogen and oxygen atoms in total. The molecule has 6 heteroatoms. The van der Waals surface area contributed by atoms with Gasteiger partial charge in [-0.15, -0.1) is 0 Å². The van der Waals surface area contributed by atoms with Crippen LogP contribution in [-0.2, 0) is 10.0 Å². The van der Waals surface area contributed by atoms with E-state index in [1.54, 1.807) is 0 Å². The van der Waals surface area contributed by atoms with Crippen molar-refractivity contribution in [1.29, 1.82) is 5.41 Å². The zero-order valence-corrected chi connectivity index (χ0v) is 10.6. The summed E-state index contributed by atoms with van der Waals surface area (Å²) in [5, 5.41) is 7.10. The van der Waals surface area contributed by atoms with Gasteiger partial charge in [0, 0.05) is 7.05 Å². The normalized spacial score (nSPS) is 18.9. The van der Waals surface area contributed by atoms with Gasteiger partial charge in [-0.2, -0.15) is 4.31 Å². The van der Waals surface area contributed by atoms with E-state index in [9.17, 15) is 8.42 Å². The highest BCUT2D eigenvalue weighted by atomic mass is 32.2. The summed E-state index contributed by atoms with van der Waals surface area (Å²) in [6.07, 6.45) is 5.51. The third-order valence-electron chi connectivity index (χ3n) is 3.04. The van der Waals surface area contributed by atoms with Crippen LogP contribution in [0.5, 0.6) is 0 Å². The highest BCUT2D eigenvalue weighted by Crippen LogP contribution is 2.25. The summed E-state index contributed by atoms with van der Waals surface area (Å²) in [6.45, 7) is -0.00491. The summed E-state index contributed by atoms with van der Waals surface area (Å²) >= 11 is 0. The summed E-state index contributed by atoms with van der Waals surface area (Å²) in [4.78, 5) is 0. The van der Waals surface area contributed by atoms with Crippen LogP contribution in [0.15, 0.2) is 0 Å². The smallest absolute Gasteiger partial charge is 0.214 e. The van der Waals surface area contributed by atoms with Crippen molar-refractivity contribution < 1.29 is 8.42 Å². The molecule has 0 radical (unpaired) electrons. The van der Waals surface area contributed by atoms with Gasteiger partial charge in [-0.1, -0.05) is 19.3 Å². The fraction of sp³-hybridized carbons (Fsp3) is 0.900. The van der Waals surface area contributed by atoms with Gasteiger partial charge in [0.15, 0.2) is 0 Å². The second-order valence-electron chi connectivity index (χ2n) is 4.56. The molecule has 1 fully saturated rings. The van der Waals surface area contributed by atoms with E-state index in [4.69, 9.17) is 11.1 Å². The Kier molecular flexibility index (Phi) is 4.73. The van der Waals surface area contributed by atoms with E-state index in [1.807, 2.05) is 0 Å². The standard InChI is InChI=1S/C10H21N3O2S/c1-13(7-10(11)12)16(14,15)8-9-5-3-2-4-6-9/h9H,2-8H2,1H3,(H3,11,12). The quantitative estimate of drug-likeness (QED) is 0.555. The van der Waals surface area contributed by atoms with Crippen molar-refractivity contribution in [1.82, 2.24) is 4.31 Å². The molecule has 16 heavy (non-hydrogen) atoms. The molecular weight excluding hydrogens is 226 g/mol. The van der Waals surface area contributed by atoms with Gasteiger partial charge >= 0.3 is 0 Å². The van der Waals surface area contributed by atoms with E-state index in [2.05, 4.69) is 0 Å². The zero-order valence-electron chi connectivity index (χ0n) is 9.78. The van der Waals surface area contributed by atoms with Crippen LogP contribution in [0.4, 0.5) is 0 Å². The number of nitrogens with two attached hydrogens (primary N) is 1. The lowest BCUT2D eigenvalue weighted by atomic mass is 9.91. The first kappa shape index (κ1) is 13.4. The molecule has 0 aromatic carbocycles. The van der Waals surface area contributed by atoms with Gasteiger partial charge in [0.25, 0.3) is 0 Å². The van der Waals surface area contributed by atoms with Crippen LogP contribution in [-0.4, -0.2) is 37.9 Å². The summed E-state index contributed by atoms with van der Waals surface area (Å²) in [7, 11) is -1.76. The van der Waals surface area contributed by atoms with Crippen LogP contribution in [0.1, 0.15) is 32.1 Å². The maximum atomic E-state index is 11.9. The van der Waals surface area contributed by atoms with Crippen molar-refractivity contribution in [2.75, 3.05) is 19.3 Å². The maximum absolute atomic E-state index is 11.9. The molecule has 3 N–H and O–H groups in total. The molecule has 0 spiro atoms.